The maximum Gasteiger partial charge on any atom is 0.312 e. The minimum absolute atomic E-state index is 0.190. The second kappa shape index (κ2) is 7.88. The standard InChI is InChI=1S/C16H23NO4/c1-19-13-4-3-5-14(10-13)21-11-15(16(18)20-2)12-6-8-17-9-7-12/h3-5,10,12,15,17H,6-9,11H2,1-2H3. The van der Waals surface area contributed by atoms with Crippen LogP contribution in [0, 0.1) is 11.8 Å². The molecular weight excluding hydrogens is 270 g/mol. The molecule has 1 aliphatic heterocycles. The summed E-state index contributed by atoms with van der Waals surface area (Å²) in [4.78, 5) is 12.0. The summed E-state index contributed by atoms with van der Waals surface area (Å²) in [5.41, 5.74) is 0. The van der Waals surface area contributed by atoms with E-state index >= 15 is 0 Å². The van der Waals surface area contributed by atoms with Crippen LogP contribution in [0.5, 0.6) is 11.5 Å². The molecule has 1 N–H and O–H groups in total. The Morgan fingerprint density at radius 1 is 1.29 bits per heavy atom. The molecule has 1 aliphatic rings. The third-order valence-corrected chi connectivity index (χ3v) is 3.93. The number of carbonyl (C=O) groups excluding carboxylic acids is 1. The van der Waals surface area contributed by atoms with E-state index in [4.69, 9.17) is 14.2 Å². The van der Waals surface area contributed by atoms with Gasteiger partial charge in [-0.05, 0) is 44.0 Å². The first-order valence-corrected chi connectivity index (χ1v) is 7.30. The van der Waals surface area contributed by atoms with E-state index in [0.29, 0.717) is 18.3 Å². The zero-order valence-corrected chi connectivity index (χ0v) is 12.6. The van der Waals surface area contributed by atoms with Crippen LogP contribution in [0.4, 0.5) is 0 Å². The van der Waals surface area contributed by atoms with Gasteiger partial charge in [-0.2, -0.15) is 0 Å². The fourth-order valence-electron chi connectivity index (χ4n) is 2.67. The van der Waals surface area contributed by atoms with Gasteiger partial charge in [0.1, 0.15) is 18.1 Å². The molecule has 1 saturated heterocycles. The average molecular weight is 293 g/mol. The van der Waals surface area contributed by atoms with Crippen molar-refractivity contribution in [2.75, 3.05) is 33.9 Å². The maximum absolute atomic E-state index is 12.0. The molecule has 0 aromatic heterocycles. The number of esters is 1. The van der Waals surface area contributed by atoms with Gasteiger partial charge in [-0.15, -0.1) is 0 Å². The fourth-order valence-corrected chi connectivity index (χ4v) is 2.67. The smallest absolute Gasteiger partial charge is 0.312 e. The Morgan fingerprint density at radius 2 is 2.00 bits per heavy atom. The maximum atomic E-state index is 12.0. The molecule has 1 fully saturated rings. The second-order valence-electron chi connectivity index (χ2n) is 5.21. The molecular formula is C16H23NO4. The van der Waals surface area contributed by atoms with Crippen LogP contribution in [0.15, 0.2) is 24.3 Å². The first-order valence-electron chi connectivity index (χ1n) is 7.30. The lowest BCUT2D eigenvalue weighted by Gasteiger charge is -2.28. The predicted molar refractivity (Wildman–Crippen MR) is 79.6 cm³/mol. The Labute approximate surface area is 125 Å². The van der Waals surface area contributed by atoms with E-state index in [1.807, 2.05) is 24.3 Å². The highest BCUT2D eigenvalue weighted by Crippen LogP contribution is 2.25. The summed E-state index contributed by atoms with van der Waals surface area (Å²) in [5, 5.41) is 3.31. The quantitative estimate of drug-likeness (QED) is 0.811. The van der Waals surface area contributed by atoms with Crippen LogP contribution < -0.4 is 14.8 Å². The van der Waals surface area contributed by atoms with Gasteiger partial charge < -0.3 is 19.5 Å². The molecule has 1 aromatic carbocycles. The number of piperidine rings is 1. The Kier molecular flexibility index (Phi) is 5.87. The van der Waals surface area contributed by atoms with Gasteiger partial charge >= 0.3 is 5.97 Å². The number of methoxy groups -OCH3 is 2. The number of hydrogen-bond donors (Lipinski definition) is 1. The van der Waals surface area contributed by atoms with E-state index in [2.05, 4.69) is 5.32 Å². The van der Waals surface area contributed by atoms with Gasteiger partial charge in [0.15, 0.2) is 0 Å². The van der Waals surface area contributed by atoms with Crippen molar-refractivity contribution in [3.63, 3.8) is 0 Å². The van der Waals surface area contributed by atoms with Gasteiger partial charge in [0.2, 0.25) is 0 Å². The van der Waals surface area contributed by atoms with E-state index in [-0.39, 0.29) is 11.9 Å². The fraction of sp³-hybridized carbons (Fsp3) is 0.562. The van der Waals surface area contributed by atoms with Gasteiger partial charge in [0, 0.05) is 6.07 Å². The number of carbonyl (C=O) groups is 1. The molecule has 2 rings (SSSR count). The third kappa shape index (κ3) is 4.36. The lowest BCUT2D eigenvalue weighted by atomic mass is 9.85. The van der Waals surface area contributed by atoms with E-state index in [0.717, 1.165) is 31.7 Å². The zero-order valence-electron chi connectivity index (χ0n) is 12.6. The minimum atomic E-state index is -0.219. The van der Waals surface area contributed by atoms with E-state index in [1.54, 1.807) is 7.11 Å². The third-order valence-electron chi connectivity index (χ3n) is 3.93. The van der Waals surface area contributed by atoms with Crippen molar-refractivity contribution in [1.82, 2.24) is 5.32 Å². The van der Waals surface area contributed by atoms with Gasteiger partial charge in [0.25, 0.3) is 0 Å². The lowest BCUT2D eigenvalue weighted by Crippen LogP contribution is -2.37. The first-order chi connectivity index (χ1) is 10.2. The normalized spacial score (nSPS) is 17.0. The molecule has 0 saturated carbocycles. The molecule has 0 amide bonds. The summed E-state index contributed by atoms with van der Waals surface area (Å²) in [6, 6.07) is 7.40. The summed E-state index contributed by atoms with van der Waals surface area (Å²) in [6.45, 7) is 2.22. The van der Waals surface area contributed by atoms with E-state index in [1.165, 1.54) is 7.11 Å². The largest absolute Gasteiger partial charge is 0.497 e. The number of hydrogen-bond acceptors (Lipinski definition) is 5. The second-order valence-corrected chi connectivity index (χ2v) is 5.21. The predicted octanol–water partition coefficient (Wildman–Crippen LogP) is 1.86. The van der Waals surface area contributed by atoms with Crippen molar-refractivity contribution in [3.05, 3.63) is 24.3 Å². The molecule has 1 atom stereocenters. The minimum Gasteiger partial charge on any atom is -0.497 e. The van der Waals surface area contributed by atoms with Gasteiger partial charge in [-0.1, -0.05) is 6.07 Å². The van der Waals surface area contributed by atoms with E-state index in [9.17, 15) is 4.79 Å². The molecule has 5 heteroatoms. The molecule has 0 aliphatic carbocycles. The van der Waals surface area contributed by atoms with Crippen LogP contribution in [0.1, 0.15) is 12.8 Å². The van der Waals surface area contributed by atoms with Crippen LogP contribution in [0.3, 0.4) is 0 Å². The summed E-state index contributed by atoms with van der Waals surface area (Å²) in [5.74, 6) is 1.35. The highest BCUT2D eigenvalue weighted by atomic mass is 16.5. The van der Waals surface area contributed by atoms with Crippen LogP contribution in [-0.4, -0.2) is 39.9 Å². The zero-order chi connectivity index (χ0) is 15.1. The molecule has 116 valence electrons. The van der Waals surface area contributed by atoms with Crippen LogP contribution in [0.25, 0.3) is 0 Å². The van der Waals surface area contributed by atoms with Crippen molar-refractivity contribution < 1.29 is 19.0 Å². The average Bonchev–Trinajstić information content (AvgIpc) is 2.56. The Balaban J connectivity index is 1.99. The number of nitrogens with one attached hydrogen (secondary N) is 1. The Hall–Kier alpha value is -1.75. The number of benzene rings is 1. The Bertz CT molecular complexity index is 457. The van der Waals surface area contributed by atoms with Crippen molar-refractivity contribution in [1.29, 1.82) is 0 Å². The molecule has 5 nitrogen and oxygen atoms in total. The molecule has 1 unspecified atom stereocenters. The topological polar surface area (TPSA) is 56.8 Å². The highest BCUT2D eigenvalue weighted by Gasteiger charge is 2.31. The first kappa shape index (κ1) is 15.6. The number of rotatable bonds is 6. The lowest BCUT2D eigenvalue weighted by molar-refractivity contribution is -0.149. The van der Waals surface area contributed by atoms with Gasteiger partial charge in [0.05, 0.1) is 20.1 Å². The molecule has 1 heterocycles. The molecule has 0 bridgehead atoms. The monoisotopic (exact) mass is 293 g/mol. The SMILES string of the molecule is COC(=O)C(COc1cccc(OC)c1)C1CCNCC1. The van der Waals surface area contributed by atoms with Crippen LogP contribution in [0.2, 0.25) is 0 Å². The molecule has 0 radical (unpaired) electrons. The van der Waals surface area contributed by atoms with Gasteiger partial charge in [-0.3, -0.25) is 4.79 Å². The van der Waals surface area contributed by atoms with Gasteiger partial charge in [-0.25, -0.2) is 0 Å². The van der Waals surface area contributed by atoms with Crippen LogP contribution >= 0.6 is 0 Å². The van der Waals surface area contributed by atoms with Crippen molar-refractivity contribution in [2.45, 2.75) is 12.8 Å². The summed E-state index contributed by atoms with van der Waals surface area (Å²) >= 11 is 0. The van der Waals surface area contributed by atoms with Crippen molar-refractivity contribution in [2.24, 2.45) is 11.8 Å². The van der Waals surface area contributed by atoms with Crippen LogP contribution in [-0.2, 0) is 9.53 Å². The van der Waals surface area contributed by atoms with E-state index < -0.39 is 0 Å². The van der Waals surface area contributed by atoms with Crippen molar-refractivity contribution >= 4 is 5.97 Å². The summed E-state index contributed by atoms with van der Waals surface area (Å²) in [6.07, 6.45) is 1.95. The number of ether oxygens (including phenoxy) is 3. The highest BCUT2D eigenvalue weighted by molar-refractivity contribution is 5.72. The molecule has 0 spiro atoms. The Morgan fingerprint density at radius 3 is 2.67 bits per heavy atom. The van der Waals surface area contributed by atoms with Crippen molar-refractivity contribution in [3.8, 4) is 11.5 Å². The summed E-state index contributed by atoms with van der Waals surface area (Å²) in [7, 11) is 3.05. The summed E-state index contributed by atoms with van der Waals surface area (Å²) < 4.78 is 15.9. The molecule has 1 aromatic rings. The molecule has 21 heavy (non-hydrogen) atoms.